The van der Waals surface area contributed by atoms with Crippen molar-refractivity contribution < 1.29 is 17.9 Å². The molecule has 0 saturated heterocycles. The topological polar surface area (TPSA) is 75.7 Å². The molecule has 0 unspecified atom stereocenters. The average molecular weight is 445 g/mol. The first-order valence-corrected chi connectivity index (χ1v) is 11.0. The molecule has 0 radical (unpaired) electrons. The maximum atomic E-state index is 12.8. The fourth-order valence-electron chi connectivity index (χ4n) is 2.79. The van der Waals surface area contributed by atoms with E-state index < -0.39 is 22.0 Å². The van der Waals surface area contributed by atoms with Gasteiger partial charge in [0.2, 0.25) is 15.9 Å². The molecule has 152 valence electrons. The molecule has 0 fully saturated rings. The number of amides is 1. The maximum Gasteiger partial charge on any atom is 0.244 e. The van der Waals surface area contributed by atoms with Gasteiger partial charge in [0.25, 0.3) is 0 Å². The molecule has 0 aromatic heterocycles. The minimum atomic E-state index is -3.77. The third kappa shape index (κ3) is 5.53. The van der Waals surface area contributed by atoms with Gasteiger partial charge in [-0.25, -0.2) is 8.42 Å². The first-order chi connectivity index (χ1) is 13.0. The van der Waals surface area contributed by atoms with Crippen LogP contribution in [0.25, 0.3) is 0 Å². The molecule has 9 heteroatoms. The van der Waals surface area contributed by atoms with Gasteiger partial charge in [-0.1, -0.05) is 35.3 Å². The van der Waals surface area contributed by atoms with E-state index in [1.54, 1.807) is 19.2 Å². The van der Waals surface area contributed by atoms with E-state index in [0.29, 0.717) is 5.75 Å². The number of sulfonamides is 1. The molecule has 0 aliphatic carbocycles. The second-order valence-corrected chi connectivity index (χ2v) is 9.10. The number of carbonyl (C=O) groups is 1. The Kier molecular flexibility index (Phi) is 7.20. The molecule has 0 heterocycles. The highest BCUT2D eigenvalue weighted by Gasteiger charge is 2.30. The average Bonchev–Trinajstić information content (AvgIpc) is 2.59. The first-order valence-electron chi connectivity index (χ1n) is 8.42. The summed E-state index contributed by atoms with van der Waals surface area (Å²) in [5.74, 6) is 0.251. The highest BCUT2D eigenvalue weighted by molar-refractivity contribution is 7.92. The summed E-state index contributed by atoms with van der Waals surface area (Å²) >= 11 is 12.0. The summed E-state index contributed by atoms with van der Waals surface area (Å²) in [5, 5.41) is 3.38. The Bertz CT molecular complexity index is 929. The molecule has 0 spiro atoms. The fraction of sp³-hybridized carbons (Fsp3) is 0.316. The number of nitrogens with one attached hydrogen (secondary N) is 1. The van der Waals surface area contributed by atoms with Crippen LogP contribution in [0.5, 0.6) is 5.75 Å². The number of halogens is 2. The van der Waals surface area contributed by atoms with Crippen molar-refractivity contribution in [3.8, 4) is 5.75 Å². The summed E-state index contributed by atoms with van der Waals surface area (Å²) in [6.07, 6.45) is 1.03. The van der Waals surface area contributed by atoms with Crippen molar-refractivity contribution in [3.05, 3.63) is 58.1 Å². The molecule has 0 bridgehead atoms. The minimum Gasteiger partial charge on any atom is -0.497 e. The number of hydrogen-bond acceptors (Lipinski definition) is 4. The summed E-state index contributed by atoms with van der Waals surface area (Å²) in [5.41, 5.74) is 1.08. The van der Waals surface area contributed by atoms with E-state index in [1.807, 2.05) is 19.1 Å². The molecule has 6 nitrogen and oxygen atoms in total. The minimum absolute atomic E-state index is 0.222. The number of hydrogen-bond donors (Lipinski definition) is 1. The van der Waals surface area contributed by atoms with Crippen LogP contribution in [-0.4, -0.2) is 33.7 Å². The van der Waals surface area contributed by atoms with E-state index in [1.165, 1.54) is 25.1 Å². The summed E-state index contributed by atoms with van der Waals surface area (Å²) in [6.45, 7) is 3.32. The van der Waals surface area contributed by atoms with Crippen LogP contribution in [0, 0.1) is 0 Å². The summed E-state index contributed by atoms with van der Waals surface area (Å²) in [7, 11) is -2.19. The summed E-state index contributed by atoms with van der Waals surface area (Å²) in [4.78, 5) is 12.8. The van der Waals surface area contributed by atoms with Crippen molar-refractivity contribution in [2.24, 2.45) is 0 Å². The lowest BCUT2D eigenvalue weighted by Gasteiger charge is -2.29. The highest BCUT2D eigenvalue weighted by Crippen LogP contribution is 2.29. The van der Waals surface area contributed by atoms with Gasteiger partial charge in [0, 0.05) is 10.0 Å². The van der Waals surface area contributed by atoms with Crippen molar-refractivity contribution in [3.63, 3.8) is 0 Å². The SMILES string of the molecule is COc1ccc([C@@H](C)NC(=O)[C@@H](C)N(c2cc(Cl)cc(Cl)c2)S(C)(=O)=O)cc1. The predicted octanol–water partition coefficient (Wildman–Crippen LogP) is 4.03. The van der Waals surface area contributed by atoms with Crippen molar-refractivity contribution in [2.75, 3.05) is 17.7 Å². The van der Waals surface area contributed by atoms with Crippen molar-refractivity contribution in [2.45, 2.75) is 25.9 Å². The van der Waals surface area contributed by atoms with E-state index in [9.17, 15) is 13.2 Å². The predicted molar refractivity (Wildman–Crippen MR) is 113 cm³/mol. The molecule has 0 aliphatic rings. The number of anilines is 1. The largest absolute Gasteiger partial charge is 0.497 e. The van der Waals surface area contributed by atoms with Crippen LogP contribution in [0.15, 0.2) is 42.5 Å². The number of benzene rings is 2. The number of nitrogens with zero attached hydrogens (tertiary/aromatic N) is 1. The molecule has 1 N–H and O–H groups in total. The zero-order chi connectivity index (χ0) is 21.1. The highest BCUT2D eigenvalue weighted by atomic mass is 35.5. The van der Waals surface area contributed by atoms with Crippen LogP contribution >= 0.6 is 23.2 Å². The zero-order valence-electron chi connectivity index (χ0n) is 15.9. The Balaban J connectivity index is 2.25. The van der Waals surface area contributed by atoms with Crippen LogP contribution in [0.1, 0.15) is 25.5 Å². The van der Waals surface area contributed by atoms with Crippen LogP contribution in [0.3, 0.4) is 0 Å². The van der Waals surface area contributed by atoms with Crippen LogP contribution in [0.4, 0.5) is 5.69 Å². The molecule has 28 heavy (non-hydrogen) atoms. The molecule has 0 aliphatic heterocycles. The molecule has 2 rings (SSSR count). The van der Waals surface area contributed by atoms with Crippen LogP contribution in [-0.2, 0) is 14.8 Å². The Morgan fingerprint density at radius 3 is 2.07 bits per heavy atom. The number of methoxy groups -OCH3 is 1. The lowest BCUT2D eigenvalue weighted by molar-refractivity contribution is -0.122. The third-order valence-electron chi connectivity index (χ3n) is 4.16. The van der Waals surface area contributed by atoms with Gasteiger partial charge in [-0.2, -0.15) is 0 Å². The third-order valence-corrected chi connectivity index (χ3v) is 5.84. The maximum absolute atomic E-state index is 12.8. The van der Waals surface area contributed by atoms with Crippen LogP contribution in [0.2, 0.25) is 10.0 Å². The molecular weight excluding hydrogens is 423 g/mol. The molecule has 2 aromatic rings. The standard InChI is InChI=1S/C19H22Cl2N2O4S/c1-12(14-5-7-18(27-3)8-6-14)22-19(24)13(2)23(28(4,25)26)17-10-15(20)9-16(21)11-17/h5-13H,1-4H3,(H,22,24)/t12-,13-/m1/s1. The van der Waals surface area contributed by atoms with Crippen molar-refractivity contribution in [1.82, 2.24) is 5.32 Å². The van der Waals surface area contributed by atoms with E-state index in [-0.39, 0.29) is 21.8 Å². The van der Waals surface area contributed by atoms with E-state index >= 15 is 0 Å². The Morgan fingerprint density at radius 2 is 1.61 bits per heavy atom. The summed E-state index contributed by atoms with van der Waals surface area (Å²) < 4.78 is 30.9. The molecule has 2 aromatic carbocycles. The number of carbonyl (C=O) groups excluding carboxylic acids is 1. The van der Waals surface area contributed by atoms with Gasteiger partial charge in [-0.3, -0.25) is 9.10 Å². The van der Waals surface area contributed by atoms with E-state index in [2.05, 4.69) is 5.32 Å². The molecule has 0 saturated carbocycles. The van der Waals surface area contributed by atoms with Gasteiger partial charge in [0.05, 0.1) is 25.1 Å². The van der Waals surface area contributed by atoms with Gasteiger partial charge in [0.15, 0.2) is 0 Å². The van der Waals surface area contributed by atoms with Gasteiger partial charge in [-0.15, -0.1) is 0 Å². The first kappa shape index (κ1) is 22.3. The summed E-state index contributed by atoms with van der Waals surface area (Å²) in [6, 6.07) is 10.3. The quantitative estimate of drug-likeness (QED) is 0.698. The lowest BCUT2D eigenvalue weighted by Crippen LogP contribution is -2.48. The van der Waals surface area contributed by atoms with E-state index in [0.717, 1.165) is 16.1 Å². The Morgan fingerprint density at radius 1 is 1.07 bits per heavy atom. The molecule has 2 atom stereocenters. The smallest absolute Gasteiger partial charge is 0.244 e. The number of rotatable bonds is 7. The second kappa shape index (κ2) is 9.03. The van der Waals surface area contributed by atoms with Crippen molar-refractivity contribution in [1.29, 1.82) is 0 Å². The molecular formula is C19H22Cl2N2O4S. The van der Waals surface area contributed by atoms with Gasteiger partial charge in [0.1, 0.15) is 11.8 Å². The zero-order valence-corrected chi connectivity index (χ0v) is 18.3. The van der Waals surface area contributed by atoms with Gasteiger partial charge < -0.3 is 10.1 Å². The Labute approximate surface area is 175 Å². The lowest BCUT2D eigenvalue weighted by atomic mass is 10.1. The monoisotopic (exact) mass is 444 g/mol. The van der Waals surface area contributed by atoms with Gasteiger partial charge in [-0.05, 0) is 49.7 Å². The second-order valence-electron chi connectivity index (χ2n) is 6.37. The fourth-order valence-corrected chi connectivity index (χ4v) is 4.46. The van der Waals surface area contributed by atoms with Gasteiger partial charge >= 0.3 is 0 Å². The molecule has 1 amide bonds. The van der Waals surface area contributed by atoms with Crippen molar-refractivity contribution >= 4 is 44.8 Å². The van der Waals surface area contributed by atoms with Crippen LogP contribution < -0.4 is 14.4 Å². The Hall–Kier alpha value is -1.96. The normalized spacial score (nSPS) is 13.5. The number of ether oxygens (including phenoxy) is 1. The van der Waals surface area contributed by atoms with E-state index in [4.69, 9.17) is 27.9 Å².